The fourth-order valence-electron chi connectivity index (χ4n) is 6.53. The van der Waals surface area contributed by atoms with E-state index >= 15 is 0 Å². The zero-order chi connectivity index (χ0) is 36.1. The van der Waals surface area contributed by atoms with Crippen LogP contribution in [0, 0.1) is 0 Å². The number of halogens is 3. The van der Waals surface area contributed by atoms with Crippen molar-refractivity contribution in [2.24, 2.45) is 0 Å². The van der Waals surface area contributed by atoms with Gasteiger partial charge in [0.05, 0.1) is 30.7 Å². The number of hydrogen-bond acceptors (Lipinski definition) is 6. The third kappa shape index (κ3) is 8.05. The zero-order valence-electron chi connectivity index (χ0n) is 28.1. The summed E-state index contributed by atoms with van der Waals surface area (Å²) in [4.78, 5) is 41.6. The first kappa shape index (κ1) is 35.6. The summed E-state index contributed by atoms with van der Waals surface area (Å²) in [5.41, 5.74) is 2.22. The molecule has 266 valence electrons. The topological polar surface area (TPSA) is 109 Å². The molecule has 51 heavy (non-hydrogen) atoms. The van der Waals surface area contributed by atoms with Crippen molar-refractivity contribution in [1.82, 2.24) is 25.3 Å². The molecule has 3 aromatic carbocycles. The minimum Gasteiger partial charge on any atom is -0.378 e. The van der Waals surface area contributed by atoms with Crippen LogP contribution in [0.1, 0.15) is 40.4 Å². The standard InChI is InChI=1S/C22H19F3N4O2.C16H20N2O2/c1-2-28-20-15(13-26-29(20)17-9-4-3-5-10-17)12-18(21(28)31)27-19(30)14-7-6-8-16(11-14)22(23,24)25;1-12(9-18-14-7-15(18)11-20-10-14)16(19)17-8-13-5-3-2-4-6-13/h3-11,13,18H,2,12H2,1H3,(H,27,30);2-6,14-15H,1,7-11H2,(H,17,19). The molecule has 0 radical (unpaired) electrons. The second-order valence-electron chi connectivity index (χ2n) is 12.7. The molecule has 4 heterocycles. The van der Waals surface area contributed by atoms with Crippen molar-refractivity contribution >= 4 is 23.5 Å². The fourth-order valence-corrected chi connectivity index (χ4v) is 6.53. The Morgan fingerprint density at radius 3 is 2.31 bits per heavy atom. The molecular weight excluding hydrogens is 661 g/mol. The van der Waals surface area contributed by atoms with E-state index in [1.165, 1.54) is 23.5 Å². The van der Waals surface area contributed by atoms with Crippen molar-refractivity contribution in [3.05, 3.63) is 126 Å². The zero-order valence-corrected chi connectivity index (χ0v) is 28.1. The number of carbonyl (C=O) groups excluding carboxylic acids is 3. The van der Waals surface area contributed by atoms with E-state index in [2.05, 4.69) is 27.2 Å². The summed E-state index contributed by atoms with van der Waals surface area (Å²) in [7, 11) is 0. The van der Waals surface area contributed by atoms with Gasteiger partial charge in [-0.3, -0.25) is 24.2 Å². The number of anilines is 1. The van der Waals surface area contributed by atoms with E-state index in [0.29, 0.717) is 43.1 Å². The summed E-state index contributed by atoms with van der Waals surface area (Å²) in [6.45, 7) is 8.85. The van der Waals surface area contributed by atoms with Crippen molar-refractivity contribution < 1.29 is 32.3 Å². The summed E-state index contributed by atoms with van der Waals surface area (Å²) >= 11 is 0. The molecule has 2 N–H and O–H groups in total. The predicted molar refractivity (Wildman–Crippen MR) is 185 cm³/mol. The van der Waals surface area contributed by atoms with Gasteiger partial charge in [0.25, 0.3) is 11.8 Å². The Bertz CT molecular complexity index is 1870. The van der Waals surface area contributed by atoms with Gasteiger partial charge in [-0.05, 0) is 49.2 Å². The average molecular weight is 701 g/mol. The minimum atomic E-state index is -4.56. The number of para-hydroxylation sites is 1. The highest BCUT2D eigenvalue weighted by molar-refractivity contribution is 6.04. The molecule has 3 amide bonds. The molecule has 3 aliphatic rings. The smallest absolute Gasteiger partial charge is 0.378 e. The summed E-state index contributed by atoms with van der Waals surface area (Å²) in [6, 6.07) is 23.4. The number of carbonyl (C=O) groups is 3. The van der Waals surface area contributed by atoms with Gasteiger partial charge in [-0.1, -0.05) is 61.2 Å². The van der Waals surface area contributed by atoms with Crippen molar-refractivity contribution in [3.63, 3.8) is 0 Å². The number of rotatable bonds is 9. The molecular formula is C38H39F3N6O4. The summed E-state index contributed by atoms with van der Waals surface area (Å²) in [5.74, 6) is -0.504. The van der Waals surface area contributed by atoms with Crippen LogP contribution in [0.25, 0.3) is 5.69 Å². The maximum Gasteiger partial charge on any atom is 0.416 e. The first-order valence-electron chi connectivity index (χ1n) is 16.8. The molecule has 4 aromatic rings. The van der Waals surface area contributed by atoms with E-state index < -0.39 is 23.7 Å². The lowest BCUT2D eigenvalue weighted by molar-refractivity contribution is -0.137. The van der Waals surface area contributed by atoms with Crippen molar-refractivity contribution in [2.45, 2.75) is 50.6 Å². The number of hydrogen-bond donors (Lipinski definition) is 2. The van der Waals surface area contributed by atoms with Crippen LogP contribution in [-0.4, -0.2) is 76.8 Å². The molecule has 7 rings (SSSR count). The van der Waals surface area contributed by atoms with Crippen LogP contribution >= 0.6 is 0 Å². The van der Waals surface area contributed by atoms with Crippen LogP contribution < -0.4 is 15.5 Å². The van der Waals surface area contributed by atoms with Gasteiger partial charge in [-0.25, -0.2) is 4.68 Å². The molecule has 3 unspecified atom stereocenters. The normalized spacial score (nSPS) is 19.6. The highest BCUT2D eigenvalue weighted by atomic mass is 19.4. The van der Waals surface area contributed by atoms with Crippen LogP contribution in [0.4, 0.5) is 19.0 Å². The molecule has 0 spiro atoms. The number of benzene rings is 3. The Morgan fingerprint density at radius 2 is 1.67 bits per heavy atom. The Balaban J connectivity index is 0.000000193. The van der Waals surface area contributed by atoms with Crippen LogP contribution in [0.5, 0.6) is 0 Å². The molecule has 1 aromatic heterocycles. The quantitative estimate of drug-likeness (QED) is 0.240. The van der Waals surface area contributed by atoms with E-state index in [4.69, 9.17) is 4.74 Å². The SMILES string of the molecule is C=C(CN1C2COCC1C2)C(=O)NCc1ccccc1.CCN1C(=O)C(NC(=O)c2cccc(C(F)(F)F)c2)Cc2cnn(-c3ccccc3)c21. The van der Waals surface area contributed by atoms with Gasteiger partial charge >= 0.3 is 6.18 Å². The number of amides is 3. The van der Waals surface area contributed by atoms with Gasteiger partial charge in [-0.15, -0.1) is 0 Å². The molecule has 2 bridgehead atoms. The highest BCUT2D eigenvalue weighted by Gasteiger charge is 2.42. The van der Waals surface area contributed by atoms with E-state index in [-0.39, 0.29) is 23.8 Å². The lowest BCUT2D eigenvalue weighted by atomic mass is 9.90. The van der Waals surface area contributed by atoms with E-state index in [1.807, 2.05) is 60.7 Å². The predicted octanol–water partition coefficient (Wildman–Crippen LogP) is 4.93. The van der Waals surface area contributed by atoms with Crippen LogP contribution in [0.15, 0.2) is 103 Å². The van der Waals surface area contributed by atoms with Crippen molar-refractivity contribution in [1.29, 1.82) is 0 Å². The third-order valence-corrected chi connectivity index (χ3v) is 9.23. The summed E-state index contributed by atoms with van der Waals surface area (Å²) in [6.07, 6.45) is -1.53. The Morgan fingerprint density at radius 1 is 0.980 bits per heavy atom. The van der Waals surface area contributed by atoms with Crippen LogP contribution in [-0.2, 0) is 33.5 Å². The molecule has 0 saturated carbocycles. The fraction of sp³-hybridized carbons (Fsp3) is 0.316. The number of alkyl halides is 3. The second kappa shape index (κ2) is 15.3. The monoisotopic (exact) mass is 700 g/mol. The Labute approximate surface area is 293 Å². The highest BCUT2D eigenvalue weighted by Crippen LogP contribution is 2.33. The molecule has 0 aliphatic carbocycles. The molecule has 3 atom stereocenters. The number of fused-ring (bicyclic) bond motifs is 3. The van der Waals surface area contributed by atoms with Gasteiger partial charge in [0.1, 0.15) is 11.9 Å². The van der Waals surface area contributed by atoms with Gasteiger partial charge in [-0.2, -0.15) is 18.3 Å². The molecule has 13 heteroatoms. The number of nitrogens with one attached hydrogen (secondary N) is 2. The number of ether oxygens (including phenoxy) is 1. The molecule has 10 nitrogen and oxygen atoms in total. The number of likely N-dealkylation sites (N-methyl/N-ethyl adjacent to an activating group) is 1. The first-order valence-corrected chi connectivity index (χ1v) is 16.8. The Hall–Kier alpha value is -5.27. The largest absolute Gasteiger partial charge is 0.416 e. The molecule has 2 fully saturated rings. The van der Waals surface area contributed by atoms with Crippen LogP contribution in [0.2, 0.25) is 0 Å². The van der Waals surface area contributed by atoms with E-state index in [9.17, 15) is 27.6 Å². The average Bonchev–Trinajstić information content (AvgIpc) is 3.57. The number of nitrogens with zero attached hydrogens (tertiary/aromatic N) is 4. The molecule has 2 saturated heterocycles. The van der Waals surface area contributed by atoms with E-state index in [0.717, 1.165) is 42.2 Å². The number of morpholine rings is 1. The first-order chi connectivity index (χ1) is 24.5. The van der Waals surface area contributed by atoms with Crippen molar-refractivity contribution in [2.75, 3.05) is 31.2 Å². The lowest BCUT2D eigenvalue weighted by Crippen LogP contribution is -2.64. The third-order valence-electron chi connectivity index (χ3n) is 9.23. The van der Waals surface area contributed by atoms with E-state index in [1.54, 1.807) is 17.8 Å². The maximum absolute atomic E-state index is 13.1. The van der Waals surface area contributed by atoms with Gasteiger partial charge in [0, 0.05) is 54.8 Å². The Kier molecular flexibility index (Phi) is 10.7. The lowest BCUT2D eigenvalue weighted by Gasteiger charge is -2.52. The number of aromatic nitrogens is 2. The summed E-state index contributed by atoms with van der Waals surface area (Å²) < 4.78 is 46.0. The van der Waals surface area contributed by atoms with Gasteiger partial charge in [0.15, 0.2) is 0 Å². The maximum atomic E-state index is 13.1. The minimum absolute atomic E-state index is 0.0558. The summed E-state index contributed by atoms with van der Waals surface area (Å²) in [5, 5.41) is 9.90. The second-order valence-corrected chi connectivity index (χ2v) is 12.7. The van der Waals surface area contributed by atoms with Crippen LogP contribution in [0.3, 0.4) is 0 Å². The molecule has 3 aliphatic heterocycles. The van der Waals surface area contributed by atoms with Crippen molar-refractivity contribution in [3.8, 4) is 5.69 Å². The van der Waals surface area contributed by atoms with Gasteiger partial charge in [0.2, 0.25) is 5.91 Å². The van der Waals surface area contributed by atoms with Gasteiger partial charge < -0.3 is 15.4 Å².